The van der Waals surface area contributed by atoms with E-state index in [1.807, 2.05) is 37.3 Å². The zero-order valence-electron chi connectivity index (χ0n) is 8.82. The first kappa shape index (κ1) is 9.03. The predicted octanol–water partition coefficient (Wildman–Crippen LogP) is 2.71. The lowest BCUT2D eigenvalue weighted by Crippen LogP contribution is -1.83. The van der Waals surface area contributed by atoms with Gasteiger partial charge in [-0.25, -0.2) is 0 Å². The van der Waals surface area contributed by atoms with Crippen LogP contribution >= 0.6 is 0 Å². The third-order valence-corrected chi connectivity index (χ3v) is 2.62. The summed E-state index contributed by atoms with van der Waals surface area (Å²) in [5, 5.41) is 7.75. The van der Waals surface area contributed by atoms with Gasteiger partial charge in [0.15, 0.2) is 5.82 Å². The lowest BCUT2D eigenvalue weighted by atomic mass is 10.1. The topological polar surface area (TPSA) is 67.8 Å². The van der Waals surface area contributed by atoms with Gasteiger partial charge in [0.2, 0.25) is 0 Å². The average molecular weight is 213 g/mol. The molecule has 0 aliphatic rings. The summed E-state index contributed by atoms with van der Waals surface area (Å²) in [4.78, 5) is 0. The highest BCUT2D eigenvalue weighted by molar-refractivity contribution is 5.91. The zero-order valence-corrected chi connectivity index (χ0v) is 8.82. The molecule has 3 N–H and O–H groups in total. The number of benzene rings is 1. The molecule has 4 heteroatoms. The molecule has 3 rings (SSSR count). The van der Waals surface area contributed by atoms with Crippen LogP contribution in [0.5, 0.6) is 0 Å². The van der Waals surface area contributed by atoms with E-state index in [0.29, 0.717) is 5.82 Å². The molecule has 16 heavy (non-hydrogen) atoms. The standard InChI is InChI=1S/C12H11N3O/c1-7-2-5-11(16-7)8-3-4-10-9(6-8)12(13)15-14-10/h2-6H,1H3,(H3,13,14,15). The summed E-state index contributed by atoms with van der Waals surface area (Å²) >= 11 is 0. The third-order valence-electron chi connectivity index (χ3n) is 2.62. The molecule has 2 heterocycles. The first-order valence-corrected chi connectivity index (χ1v) is 5.04. The highest BCUT2D eigenvalue weighted by atomic mass is 16.3. The Labute approximate surface area is 92.1 Å². The fourth-order valence-corrected chi connectivity index (χ4v) is 1.78. The fraction of sp³-hybridized carbons (Fsp3) is 0.0833. The largest absolute Gasteiger partial charge is 0.461 e. The average Bonchev–Trinajstić information content (AvgIpc) is 2.86. The molecule has 4 nitrogen and oxygen atoms in total. The summed E-state index contributed by atoms with van der Waals surface area (Å²) in [6.45, 7) is 1.92. The number of anilines is 1. The van der Waals surface area contributed by atoms with Crippen LogP contribution in [0.3, 0.4) is 0 Å². The summed E-state index contributed by atoms with van der Waals surface area (Å²) in [7, 11) is 0. The van der Waals surface area contributed by atoms with E-state index in [0.717, 1.165) is 28.0 Å². The number of nitrogens with one attached hydrogen (secondary N) is 1. The van der Waals surface area contributed by atoms with Crippen molar-refractivity contribution in [3.8, 4) is 11.3 Å². The molecule has 0 aliphatic heterocycles. The molecule has 0 bridgehead atoms. The summed E-state index contributed by atoms with van der Waals surface area (Å²) < 4.78 is 5.56. The highest BCUT2D eigenvalue weighted by Gasteiger charge is 2.06. The van der Waals surface area contributed by atoms with Crippen molar-refractivity contribution in [2.75, 3.05) is 5.73 Å². The van der Waals surface area contributed by atoms with Gasteiger partial charge in [0.25, 0.3) is 0 Å². The number of hydrogen-bond acceptors (Lipinski definition) is 3. The summed E-state index contributed by atoms with van der Waals surface area (Å²) in [5.74, 6) is 2.26. The van der Waals surface area contributed by atoms with Crippen molar-refractivity contribution in [3.63, 3.8) is 0 Å². The number of nitrogen functional groups attached to an aromatic ring is 1. The van der Waals surface area contributed by atoms with Gasteiger partial charge in [-0.1, -0.05) is 0 Å². The Bertz CT molecular complexity index is 651. The molecule has 80 valence electrons. The second-order valence-corrected chi connectivity index (χ2v) is 3.78. The zero-order chi connectivity index (χ0) is 11.1. The van der Waals surface area contributed by atoms with E-state index >= 15 is 0 Å². The van der Waals surface area contributed by atoms with E-state index in [1.54, 1.807) is 0 Å². The van der Waals surface area contributed by atoms with Crippen LogP contribution in [0, 0.1) is 6.92 Å². The molecule has 0 radical (unpaired) electrons. The Kier molecular flexibility index (Phi) is 1.77. The van der Waals surface area contributed by atoms with Crippen molar-refractivity contribution in [2.24, 2.45) is 0 Å². The SMILES string of the molecule is Cc1ccc(-c2ccc3[nH]nc(N)c3c2)o1. The van der Waals surface area contributed by atoms with Gasteiger partial charge < -0.3 is 10.2 Å². The van der Waals surface area contributed by atoms with Gasteiger partial charge in [-0.05, 0) is 37.3 Å². The van der Waals surface area contributed by atoms with E-state index < -0.39 is 0 Å². The molecule has 0 atom stereocenters. The maximum atomic E-state index is 5.76. The lowest BCUT2D eigenvalue weighted by molar-refractivity contribution is 0.548. The summed E-state index contributed by atoms with van der Waals surface area (Å²) in [6.07, 6.45) is 0. The van der Waals surface area contributed by atoms with Gasteiger partial charge >= 0.3 is 0 Å². The number of furan rings is 1. The Morgan fingerprint density at radius 1 is 1.25 bits per heavy atom. The number of aryl methyl sites for hydroxylation is 1. The number of aromatic amines is 1. The second-order valence-electron chi connectivity index (χ2n) is 3.78. The van der Waals surface area contributed by atoms with Crippen molar-refractivity contribution in [1.82, 2.24) is 10.2 Å². The van der Waals surface area contributed by atoms with Crippen molar-refractivity contribution in [3.05, 3.63) is 36.1 Å². The normalized spacial score (nSPS) is 11.1. The molecule has 0 fully saturated rings. The molecule has 2 aromatic heterocycles. The predicted molar refractivity (Wildman–Crippen MR) is 62.9 cm³/mol. The second kappa shape index (κ2) is 3.13. The van der Waals surface area contributed by atoms with Gasteiger partial charge in [0.05, 0.1) is 5.52 Å². The van der Waals surface area contributed by atoms with Gasteiger partial charge in [-0.15, -0.1) is 0 Å². The first-order valence-electron chi connectivity index (χ1n) is 5.04. The van der Waals surface area contributed by atoms with Gasteiger partial charge in [-0.2, -0.15) is 5.10 Å². The van der Waals surface area contributed by atoms with Crippen LogP contribution in [0.15, 0.2) is 34.7 Å². The van der Waals surface area contributed by atoms with Crippen LogP contribution in [0.4, 0.5) is 5.82 Å². The van der Waals surface area contributed by atoms with E-state index in [9.17, 15) is 0 Å². The quantitative estimate of drug-likeness (QED) is 0.653. The maximum absolute atomic E-state index is 5.76. The lowest BCUT2D eigenvalue weighted by Gasteiger charge is -1.97. The summed E-state index contributed by atoms with van der Waals surface area (Å²) in [6, 6.07) is 9.81. The number of H-pyrrole nitrogens is 1. The Morgan fingerprint density at radius 3 is 2.88 bits per heavy atom. The minimum atomic E-state index is 0.514. The molecule has 0 saturated carbocycles. The smallest absolute Gasteiger partial charge is 0.153 e. The third kappa shape index (κ3) is 1.27. The van der Waals surface area contributed by atoms with E-state index in [2.05, 4.69) is 10.2 Å². The van der Waals surface area contributed by atoms with Crippen LogP contribution in [0.25, 0.3) is 22.2 Å². The number of rotatable bonds is 1. The van der Waals surface area contributed by atoms with Crippen molar-refractivity contribution in [2.45, 2.75) is 6.92 Å². The van der Waals surface area contributed by atoms with Crippen molar-refractivity contribution in [1.29, 1.82) is 0 Å². The number of nitrogens with zero attached hydrogens (tertiary/aromatic N) is 1. The number of fused-ring (bicyclic) bond motifs is 1. The first-order chi connectivity index (χ1) is 7.74. The van der Waals surface area contributed by atoms with E-state index in [1.165, 1.54) is 0 Å². The van der Waals surface area contributed by atoms with E-state index in [-0.39, 0.29) is 0 Å². The molecule has 0 amide bonds. The Balaban J connectivity index is 2.21. The monoisotopic (exact) mass is 213 g/mol. The van der Waals surface area contributed by atoms with Crippen LogP contribution in [0.1, 0.15) is 5.76 Å². The molecule has 0 unspecified atom stereocenters. The highest BCUT2D eigenvalue weighted by Crippen LogP contribution is 2.27. The van der Waals surface area contributed by atoms with Crippen molar-refractivity contribution < 1.29 is 4.42 Å². The molecular formula is C12H11N3O. The van der Waals surface area contributed by atoms with Gasteiger partial charge in [-0.3, -0.25) is 5.10 Å². The van der Waals surface area contributed by atoms with Gasteiger partial charge in [0.1, 0.15) is 11.5 Å². The number of aromatic nitrogens is 2. The molecule has 3 aromatic rings. The van der Waals surface area contributed by atoms with E-state index in [4.69, 9.17) is 10.2 Å². The van der Waals surface area contributed by atoms with Crippen LogP contribution in [-0.2, 0) is 0 Å². The van der Waals surface area contributed by atoms with Gasteiger partial charge in [0, 0.05) is 10.9 Å². The van der Waals surface area contributed by atoms with Crippen LogP contribution in [0.2, 0.25) is 0 Å². The fourth-order valence-electron chi connectivity index (χ4n) is 1.78. The minimum Gasteiger partial charge on any atom is -0.461 e. The van der Waals surface area contributed by atoms with Crippen LogP contribution in [-0.4, -0.2) is 10.2 Å². The molecule has 0 spiro atoms. The maximum Gasteiger partial charge on any atom is 0.153 e. The molecule has 0 saturated heterocycles. The molecule has 1 aromatic carbocycles. The Hall–Kier alpha value is -2.23. The minimum absolute atomic E-state index is 0.514. The molecular weight excluding hydrogens is 202 g/mol. The molecule has 0 aliphatic carbocycles. The van der Waals surface area contributed by atoms with Crippen LogP contribution < -0.4 is 5.73 Å². The summed E-state index contributed by atoms with van der Waals surface area (Å²) in [5.41, 5.74) is 7.70. The number of nitrogens with two attached hydrogens (primary N) is 1. The number of hydrogen-bond donors (Lipinski definition) is 2. The van der Waals surface area contributed by atoms with Crippen molar-refractivity contribution >= 4 is 16.7 Å². The Morgan fingerprint density at radius 2 is 2.12 bits per heavy atom.